The van der Waals surface area contributed by atoms with Crippen molar-refractivity contribution in [1.29, 1.82) is 0 Å². The molecule has 1 aromatic heterocycles. The summed E-state index contributed by atoms with van der Waals surface area (Å²) >= 11 is 0. The molecule has 0 aliphatic heterocycles. The van der Waals surface area contributed by atoms with Gasteiger partial charge in [-0.25, -0.2) is 9.97 Å². The first-order chi connectivity index (χ1) is 24.7. The smallest absolute Gasteiger partial charge is 0.251 e. The lowest BCUT2D eigenvalue weighted by Crippen LogP contribution is -2.31. The highest BCUT2D eigenvalue weighted by Crippen LogP contribution is 2.36. The first-order valence-electron chi connectivity index (χ1n) is 18.4. The minimum atomic E-state index is -0.352. The van der Waals surface area contributed by atoms with Crippen molar-refractivity contribution in [2.24, 2.45) is 22.7 Å². The minimum absolute atomic E-state index is 0.0137. The molecule has 6 rings (SSSR count). The average Bonchev–Trinajstić information content (AvgIpc) is 3.26. The Morgan fingerprint density at radius 1 is 1.04 bits per heavy atom. The molecule has 51 heavy (non-hydrogen) atoms. The predicted octanol–water partition coefficient (Wildman–Crippen LogP) is 9.11. The summed E-state index contributed by atoms with van der Waals surface area (Å²) in [7, 11) is 3.99. The number of nitrogens with zero attached hydrogens (tertiary/aromatic N) is 4. The zero-order valence-corrected chi connectivity index (χ0v) is 31.0. The molecule has 1 saturated carbocycles. The number of para-hydroxylation sites is 1. The third-order valence-electron chi connectivity index (χ3n) is 10.0. The fourth-order valence-corrected chi connectivity index (χ4v) is 7.14. The molecular weight excluding hydrogens is 631 g/mol. The normalized spacial score (nSPS) is 21.4. The van der Waals surface area contributed by atoms with Crippen molar-refractivity contribution in [2.45, 2.75) is 72.3 Å². The molecule has 0 spiro atoms. The van der Waals surface area contributed by atoms with E-state index in [0.717, 1.165) is 76.7 Å². The van der Waals surface area contributed by atoms with Crippen molar-refractivity contribution in [3.05, 3.63) is 125 Å². The number of aliphatic imine (C=N–C) groups is 1. The Labute approximate surface area is 304 Å². The molecule has 1 fully saturated rings. The Morgan fingerprint density at radius 3 is 2.49 bits per heavy atom. The van der Waals surface area contributed by atoms with Gasteiger partial charge in [0.2, 0.25) is 0 Å². The average molecular weight is 684 g/mol. The van der Waals surface area contributed by atoms with Crippen molar-refractivity contribution in [3.63, 3.8) is 0 Å². The van der Waals surface area contributed by atoms with Crippen LogP contribution in [0.3, 0.4) is 0 Å². The largest absolute Gasteiger partial charge is 0.362 e. The van der Waals surface area contributed by atoms with Crippen molar-refractivity contribution in [3.8, 4) is 0 Å². The Balaban J connectivity index is 0.000000299. The van der Waals surface area contributed by atoms with Gasteiger partial charge in [-0.15, -0.1) is 0 Å². The number of rotatable bonds is 9. The van der Waals surface area contributed by atoms with Crippen LogP contribution in [0.4, 0.5) is 5.82 Å². The zero-order chi connectivity index (χ0) is 36.3. The maximum atomic E-state index is 13.4. The van der Waals surface area contributed by atoms with Crippen LogP contribution in [0.1, 0.15) is 80.5 Å². The fraction of sp³-hybridized carbons (Fsp3) is 0.386. The van der Waals surface area contributed by atoms with Gasteiger partial charge in [-0.2, -0.15) is 0 Å². The maximum absolute atomic E-state index is 13.4. The molecule has 1 atom stereocenters. The lowest BCUT2D eigenvalue weighted by Gasteiger charge is -2.26. The van der Waals surface area contributed by atoms with Crippen molar-refractivity contribution in [2.75, 3.05) is 25.5 Å². The number of anilines is 1. The SMILES string of the molecule is C=CC1=C(/C=C\C)C(=NCc2ccc(C(=O)NCC3CCC(C)CC3)cc2)C(C2=CC=CCCC2)C1=O.Cc1nc(N(C)C)c2ccccc2n1. The molecule has 1 amide bonds. The van der Waals surface area contributed by atoms with Gasteiger partial charge in [-0.1, -0.05) is 92.6 Å². The quantitative estimate of drug-likeness (QED) is 0.243. The molecule has 0 bridgehead atoms. The second-order valence-electron chi connectivity index (χ2n) is 14.1. The van der Waals surface area contributed by atoms with E-state index in [0.29, 0.717) is 23.6 Å². The Hall–Kier alpha value is -4.91. The third kappa shape index (κ3) is 9.46. The number of benzene rings is 2. The highest BCUT2D eigenvalue weighted by Gasteiger charge is 2.38. The van der Waals surface area contributed by atoms with Crippen LogP contribution in [-0.2, 0) is 11.3 Å². The van der Waals surface area contributed by atoms with E-state index in [-0.39, 0.29) is 17.6 Å². The molecule has 266 valence electrons. The summed E-state index contributed by atoms with van der Waals surface area (Å²) in [5.41, 5.74) is 6.15. The van der Waals surface area contributed by atoms with Crippen LogP contribution in [0.2, 0.25) is 0 Å². The van der Waals surface area contributed by atoms with E-state index in [2.05, 4.69) is 47.0 Å². The molecule has 3 aromatic rings. The molecule has 0 radical (unpaired) electrons. The van der Waals surface area contributed by atoms with Gasteiger partial charge in [0.1, 0.15) is 11.6 Å². The molecule has 1 unspecified atom stereocenters. The van der Waals surface area contributed by atoms with Crippen molar-refractivity contribution < 1.29 is 9.59 Å². The minimum Gasteiger partial charge on any atom is -0.362 e. The van der Waals surface area contributed by atoms with E-state index in [1.54, 1.807) is 6.08 Å². The van der Waals surface area contributed by atoms with Gasteiger partial charge in [0.25, 0.3) is 5.91 Å². The summed E-state index contributed by atoms with van der Waals surface area (Å²) in [6.45, 7) is 11.3. The van der Waals surface area contributed by atoms with Gasteiger partial charge < -0.3 is 10.2 Å². The van der Waals surface area contributed by atoms with Gasteiger partial charge in [0.15, 0.2) is 5.78 Å². The van der Waals surface area contributed by atoms with Crippen LogP contribution < -0.4 is 10.2 Å². The molecule has 2 aromatic carbocycles. The van der Waals surface area contributed by atoms with Crippen molar-refractivity contribution in [1.82, 2.24) is 15.3 Å². The number of allylic oxidation sites excluding steroid dienone is 9. The zero-order valence-electron chi connectivity index (χ0n) is 31.0. The molecule has 7 nitrogen and oxygen atoms in total. The summed E-state index contributed by atoms with van der Waals surface area (Å²) < 4.78 is 0. The molecule has 1 N–H and O–H groups in total. The highest BCUT2D eigenvalue weighted by molar-refractivity contribution is 6.30. The second-order valence-corrected chi connectivity index (χ2v) is 14.1. The number of hydrogen-bond donors (Lipinski definition) is 1. The number of hydrogen-bond acceptors (Lipinski definition) is 6. The van der Waals surface area contributed by atoms with Crippen LogP contribution in [0.15, 0.2) is 113 Å². The van der Waals surface area contributed by atoms with Gasteiger partial charge >= 0.3 is 0 Å². The van der Waals surface area contributed by atoms with E-state index in [1.807, 2.05) is 93.5 Å². The van der Waals surface area contributed by atoms with E-state index in [1.165, 1.54) is 25.7 Å². The van der Waals surface area contributed by atoms with Crippen LogP contribution in [-0.4, -0.2) is 48.0 Å². The molecule has 1 heterocycles. The van der Waals surface area contributed by atoms with E-state index < -0.39 is 0 Å². The van der Waals surface area contributed by atoms with E-state index in [4.69, 9.17) is 4.99 Å². The molecule has 0 saturated heterocycles. The van der Waals surface area contributed by atoms with Crippen LogP contribution in [0, 0.1) is 24.7 Å². The number of ketones is 1. The van der Waals surface area contributed by atoms with Crippen LogP contribution in [0.25, 0.3) is 10.9 Å². The standard InChI is InChI=1S/C33H40N2O2.C11H13N3/c1-4-10-29-28(5-2)32(36)30(26-11-8-6-7-9-12-26)31(29)34-21-25-17-19-27(20-18-25)33(37)35-22-24-15-13-23(3)14-16-24;1-8-12-10-7-5-4-6-9(10)11(13-8)14(2)3/h4-6,8,10-11,17-20,23-24,30H,2,7,9,12-16,21-22H2,1,3H3,(H,35,37);4-7H,1-3H3/b10-4-,34-31?;. The lowest BCUT2D eigenvalue weighted by molar-refractivity contribution is -0.115. The predicted molar refractivity (Wildman–Crippen MR) is 211 cm³/mol. The molecular formula is C44H53N5O2. The maximum Gasteiger partial charge on any atom is 0.251 e. The summed E-state index contributed by atoms with van der Waals surface area (Å²) in [4.78, 5) is 41.9. The first kappa shape index (κ1) is 37.3. The highest BCUT2D eigenvalue weighted by atomic mass is 16.1. The van der Waals surface area contributed by atoms with Gasteiger partial charge in [0, 0.05) is 42.7 Å². The number of aryl methyl sites for hydroxylation is 1. The number of nitrogens with one attached hydrogen (secondary N) is 1. The van der Waals surface area contributed by atoms with Gasteiger partial charge in [0.05, 0.1) is 23.7 Å². The van der Waals surface area contributed by atoms with E-state index in [9.17, 15) is 9.59 Å². The molecule has 7 heteroatoms. The van der Waals surface area contributed by atoms with Crippen LogP contribution >= 0.6 is 0 Å². The second kappa shape index (κ2) is 17.8. The Kier molecular flexibility index (Phi) is 13.1. The van der Waals surface area contributed by atoms with Gasteiger partial charge in [-0.05, 0) is 87.6 Å². The third-order valence-corrected chi connectivity index (χ3v) is 10.0. The number of carbonyl (C=O) groups excluding carboxylic acids is 2. The lowest BCUT2D eigenvalue weighted by atomic mass is 9.83. The number of fused-ring (bicyclic) bond motifs is 1. The number of amides is 1. The fourth-order valence-electron chi connectivity index (χ4n) is 7.14. The van der Waals surface area contributed by atoms with Gasteiger partial charge in [-0.3, -0.25) is 14.6 Å². The Bertz CT molecular complexity index is 1870. The summed E-state index contributed by atoms with van der Waals surface area (Å²) in [5.74, 6) is 2.92. The first-order valence-corrected chi connectivity index (χ1v) is 18.4. The van der Waals surface area contributed by atoms with Crippen LogP contribution in [0.5, 0.6) is 0 Å². The Morgan fingerprint density at radius 2 is 1.78 bits per heavy atom. The van der Waals surface area contributed by atoms with E-state index >= 15 is 0 Å². The number of aromatic nitrogens is 2. The summed E-state index contributed by atoms with van der Waals surface area (Å²) in [6, 6.07) is 15.7. The monoisotopic (exact) mass is 683 g/mol. The number of carbonyl (C=O) groups is 2. The summed E-state index contributed by atoms with van der Waals surface area (Å²) in [5, 5.41) is 4.22. The van der Waals surface area contributed by atoms with Crippen molar-refractivity contribution >= 4 is 34.1 Å². The summed E-state index contributed by atoms with van der Waals surface area (Å²) in [6.07, 6.45) is 19.8. The topological polar surface area (TPSA) is 87.5 Å². The molecule has 3 aliphatic carbocycles. The number of Topliss-reactive ketones (excluding diaryl/α,β-unsaturated/α-hetero) is 1. The molecule has 3 aliphatic rings.